The van der Waals surface area contributed by atoms with Gasteiger partial charge in [0.05, 0.1) is 21.7 Å². The summed E-state index contributed by atoms with van der Waals surface area (Å²) in [6, 6.07) is 175. The molecule has 0 radical (unpaired) electrons. The first-order valence-corrected chi connectivity index (χ1v) is 44.4. The van der Waals surface area contributed by atoms with E-state index in [1.807, 2.05) is 0 Å². The second-order valence-corrected chi connectivity index (χ2v) is 35.0. The molecule has 604 valence electrons. The van der Waals surface area contributed by atoms with Crippen molar-refractivity contribution < 1.29 is 0 Å². The van der Waals surface area contributed by atoms with E-state index < -0.39 is 0 Å². The SMILES string of the molecule is Cc1ccc2c(c1)-c1ccccc1C2(c1ccccc1)c1ccccc1.Cc1ccc2c(c1)C(C)(C)c1ccc(-c3ccccc3)cc1-2.Cc1ccc2c(c1)C(c1ccccc1)(c1ccccc1)c1ccccc1-2.Cc1cccc2c1-c1ccccc1C2(c1ccccc1)c1ccccc1.Cc1cccc2c1C(c1ccccc1)(c1ccccc1)c1ccccc1-2. The molecular weight excluding hydrogens is 1510 g/mol. The Morgan fingerprint density at radius 2 is 0.429 bits per heavy atom. The molecule has 0 saturated heterocycles. The molecule has 5 aliphatic rings. The molecule has 0 spiro atoms. The summed E-state index contributed by atoms with van der Waals surface area (Å²) < 4.78 is 0. The molecule has 0 heteroatoms. The van der Waals surface area contributed by atoms with Crippen LogP contribution in [0.1, 0.15) is 142 Å². The summed E-state index contributed by atoms with van der Waals surface area (Å²) in [7, 11) is 0. The zero-order chi connectivity index (χ0) is 85.6. The van der Waals surface area contributed by atoms with E-state index in [0.29, 0.717) is 0 Å². The van der Waals surface area contributed by atoms with Crippen LogP contribution < -0.4 is 0 Å². The summed E-state index contributed by atoms with van der Waals surface area (Å²) in [6.07, 6.45) is 0. The van der Waals surface area contributed by atoms with E-state index >= 15 is 0 Å². The average molecular weight is 1610 g/mol. The fourth-order valence-electron chi connectivity index (χ4n) is 22.2. The van der Waals surface area contributed by atoms with Crippen molar-refractivity contribution in [2.24, 2.45) is 0 Å². The van der Waals surface area contributed by atoms with Gasteiger partial charge in [-0.1, -0.05) is 504 Å². The molecule has 5 aliphatic carbocycles. The fraction of sp³-hybridized carbons (Fsp3) is 0.0952. The maximum absolute atomic E-state index is 2.37. The van der Waals surface area contributed by atoms with Crippen LogP contribution in [-0.2, 0) is 27.1 Å². The Balaban J connectivity index is 0.0000000995. The lowest BCUT2D eigenvalue weighted by Crippen LogP contribution is -2.29. The van der Waals surface area contributed by atoms with E-state index in [1.54, 1.807) is 0 Å². The van der Waals surface area contributed by atoms with Crippen LogP contribution in [0.5, 0.6) is 0 Å². The molecule has 19 aromatic carbocycles. The molecule has 0 nitrogen and oxygen atoms in total. The molecule has 0 amide bonds. The molecule has 19 aromatic rings. The molecule has 0 N–H and O–H groups in total. The smallest absolute Gasteiger partial charge is 0.0622 e. The summed E-state index contributed by atoms with van der Waals surface area (Å²) in [5.41, 5.74) is 46.4. The number of hydrogen-bond acceptors (Lipinski definition) is 0. The van der Waals surface area contributed by atoms with Gasteiger partial charge in [0.1, 0.15) is 0 Å². The van der Waals surface area contributed by atoms with Crippen LogP contribution in [0.25, 0.3) is 66.8 Å². The first kappa shape index (κ1) is 79.6. The van der Waals surface area contributed by atoms with Crippen molar-refractivity contribution >= 4 is 0 Å². The highest BCUT2D eigenvalue weighted by atomic mass is 14.5. The zero-order valence-electron chi connectivity index (χ0n) is 72.6. The Morgan fingerprint density at radius 1 is 0.151 bits per heavy atom. The quantitative estimate of drug-likeness (QED) is 0.135. The molecule has 0 aromatic heterocycles. The first-order chi connectivity index (χ1) is 61.9. The van der Waals surface area contributed by atoms with Gasteiger partial charge in [0.2, 0.25) is 0 Å². The molecule has 0 saturated carbocycles. The predicted molar refractivity (Wildman–Crippen MR) is 528 cm³/mol. The molecule has 0 bridgehead atoms. The number of hydrogen-bond donors (Lipinski definition) is 0. The standard InChI is InChI=1S/4C26H20.C22H20/c1-19-11-10-17-23-22-16-8-9-18-24(22)26(25(19)23,20-12-4-2-5-13-20)21-14-6-3-7-15-21;1-19-11-10-18-24-25(19)22-16-8-9-17-23(22)26(24,20-12-4-2-5-13-20)21-14-6-3-7-15-21;1-19-16-17-25-23(18-19)22-14-8-9-15-24(22)26(25,20-10-4-2-5-11-20)21-12-6-3-7-13-21;1-19-16-17-23-22-14-8-9-15-24(22)26(25(23)18-19,20-10-4-2-5-11-20)21-12-6-3-7-13-21;1-15-9-11-18-19-14-17(16-7-5-4-6-8-16)10-12-20(19)22(2,3)21(18)13-15/h4*2-18H,1H3;4-14H,1-3H3. The zero-order valence-corrected chi connectivity index (χ0v) is 72.6. The third-order valence-corrected chi connectivity index (χ3v) is 27.5. The van der Waals surface area contributed by atoms with E-state index in [4.69, 9.17) is 0 Å². The van der Waals surface area contributed by atoms with Crippen molar-refractivity contribution in [1.29, 1.82) is 0 Å². The summed E-state index contributed by atoms with van der Waals surface area (Å²) in [5.74, 6) is 0. The fourth-order valence-corrected chi connectivity index (χ4v) is 22.2. The largest absolute Gasteiger partial charge is 0.0716 e. The minimum absolute atomic E-state index is 0.0892. The Morgan fingerprint density at radius 3 is 0.889 bits per heavy atom. The van der Waals surface area contributed by atoms with Gasteiger partial charge in [-0.25, -0.2) is 0 Å². The van der Waals surface area contributed by atoms with Gasteiger partial charge in [0, 0.05) is 5.41 Å². The van der Waals surface area contributed by atoms with E-state index in [2.05, 4.69) is 528 Å². The molecular formula is C126H100. The van der Waals surface area contributed by atoms with Gasteiger partial charge in [-0.05, 0) is 219 Å². The molecule has 126 heavy (non-hydrogen) atoms. The van der Waals surface area contributed by atoms with Crippen molar-refractivity contribution in [3.63, 3.8) is 0 Å². The monoisotopic (exact) mass is 1610 g/mol. The third kappa shape index (κ3) is 13.0. The number of benzene rings is 19. The van der Waals surface area contributed by atoms with Crippen LogP contribution in [0, 0.1) is 34.6 Å². The Kier molecular flexibility index (Phi) is 20.9. The lowest BCUT2D eigenvalue weighted by molar-refractivity contribution is 0.660. The highest BCUT2D eigenvalue weighted by Crippen LogP contribution is 2.62. The van der Waals surface area contributed by atoms with Crippen LogP contribution in [0.4, 0.5) is 0 Å². The van der Waals surface area contributed by atoms with Crippen LogP contribution in [0.2, 0.25) is 0 Å². The summed E-state index contributed by atoms with van der Waals surface area (Å²) in [4.78, 5) is 0. The number of fused-ring (bicyclic) bond motifs is 15. The normalized spacial score (nSPS) is 14.0. The Labute approximate surface area is 744 Å². The van der Waals surface area contributed by atoms with Crippen LogP contribution in [0.3, 0.4) is 0 Å². The van der Waals surface area contributed by atoms with Crippen molar-refractivity contribution in [2.45, 2.75) is 75.5 Å². The second kappa shape index (κ2) is 33.1. The minimum Gasteiger partial charge on any atom is -0.0622 e. The number of rotatable bonds is 9. The Hall–Kier alpha value is -14.8. The van der Waals surface area contributed by atoms with Gasteiger partial charge in [-0.15, -0.1) is 0 Å². The molecule has 24 rings (SSSR count). The van der Waals surface area contributed by atoms with E-state index in [0.717, 1.165) is 0 Å². The maximum atomic E-state index is 2.37. The lowest BCUT2D eigenvalue weighted by Gasteiger charge is -2.34. The molecule has 0 aliphatic heterocycles. The number of aryl methyl sites for hydroxylation is 5. The molecule has 0 unspecified atom stereocenters. The van der Waals surface area contributed by atoms with Crippen LogP contribution in [0.15, 0.2) is 479 Å². The molecule has 0 fully saturated rings. The van der Waals surface area contributed by atoms with Gasteiger partial charge in [0.25, 0.3) is 0 Å². The van der Waals surface area contributed by atoms with E-state index in [9.17, 15) is 0 Å². The van der Waals surface area contributed by atoms with E-state index in [-0.39, 0.29) is 27.1 Å². The van der Waals surface area contributed by atoms with Gasteiger partial charge < -0.3 is 0 Å². The molecule has 0 atom stereocenters. The van der Waals surface area contributed by atoms with Gasteiger partial charge >= 0.3 is 0 Å². The van der Waals surface area contributed by atoms with Crippen LogP contribution >= 0.6 is 0 Å². The van der Waals surface area contributed by atoms with Gasteiger partial charge in [-0.2, -0.15) is 0 Å². The van der Waals surface area contributed by atoms with Crippen molar-refractivity contribution in [1.82, 2.24) is 0 Å². The molecule has 0 heterocycles. The van der Waals surface area contributed by atoms with Crippen molar-refractivity contribution in [3.05, 3.63) is 607 Å². The topological polar surface area (TPSA) is 0 Å². The lowest BCUT2D eigenvalue weighted by atomic mass is 9.67. The van der Waals surface area contributed by atoms with Gasteiger partial charge in [0.15, 0.2) is 0 Å². The highest BCUT2D eigenvalue weighted by Gasteiger charge is 2.51. The minimum atomic E-state index is -0.264. The summed E-state index contributed by atoms with van der Waals surface area (Å²) >= 11 is 0. The second-order valence-electron chi connectivity index (χ2n) is 35.0. The van der Waals surface area contributed by atoms with Crippen molar-refractivity contribution in [3.8, 4) is 66.8 Å². The summed E-state index contributed by atoms with van der Waals surface area (Å²) in [6.45, 7) is 15.7. The highest BCUT2D eigenvalue weighted by molar-refractivity contribution is 5.92. The van der Waals surface area contributed by atoms with Crippen molar-refractivity contribution in [2.75, 3.05) is 0 Å². The summed E-state index contributed by atoms with van der Waals surface area (Å²) in [5, 5.41) is 0. The first-order valence-electron chi connectivity index (χ1n) is 44.4. The van der Waals surface area contributed by atoms with Crippen LogP contribution in [-0.4, -0.2) is 0 Å². The Bertz CT molecular complexity index is 6920. The van der Waals surface area contributed by atoms with Gasteiger partial charge in [-0.3, -0.25) is 0 Å². The third-order valence-electron chi connectivity index (χ3n) is 27.5. The average Bonchev–Trinajstić information content (AvgIpc) is 1.56. The van der Waals surface area contributed by atoms with E-state index in [1.165, 1.54) is 195 Å². The maximum Gasteiger partial charge on any atom is 0.0716 e. The predicted octanol–water partition coefficient (Wildman–Crippen LogP) is 31.4.